The average molecular weight is 225 g/mol. The quantitative estimate of drug-likeness (QED) is 0.748. The maximum Gasteiger partial charge on any atom is 0.251 e. The van der Waals surface area contributed by atoms with Crippen LogP contribution in [0.3, 0.4) is 0 Å². The van der Waals surface area contributed by atoms with Gasteiger partial charge in [-0.25, -0.2) is 5.01 Å². The maximum atomic E-state index is 12.1. The van der Waals surface area contributed by atoms with Crippen molar-refractivity contribution in [2.75, 3.05) is 6.54 Å². The van der Waals surface area contributed by atoms with Gasteiger partial charge in [0.1, 0.15) is 0 Å². The largest absolute Gasteiger partial charge is 0.330 e. The Morgan fingerprint density at radius 3 is 2.69 bits per heavy atom. The van der Waals surface area contributed by atoms with Crippen LogP contribution in [-0.4, -0.2) is 29.2 Å². The highest BCUT2D eigenvalue weighted by atomic mass is 16.2. The summed E-state index contributed by atoms with van der Waals surface area (Å²) in [6.45, 7) is 6.75. The SMILES string of the molecule is CCCC1=NN(C(C)C)C(=O)C1CCCN. The third-order valence-corrected chi connectivity index (χ3v) is 2.85. The molecule has 0 aromatic heterocycles. The van der Waals surface area contributed by atoms with Crippen molar-refractivity contribution in [1.29, 1.82) is 0 Å². The van der Waals surface area contributed by atoms with Gasteiger partial charge in [-0.3, -0.25) is 4.79 Å². The molecule has 1 amide bonds. The van der Waals surface area contributed by atoms with Gasteiger partial charge in [-0.05, 0) is 39.7 Å². The van der Waals surface area contributed by atoms with Crippen LogP contribution >= 0.6 is 0 Å². The van der Waals surface area contributed by atoms with E-state index in [2.05, 4.69) is 12.0 Å². The Morgan fingerprint density at radius 2 is 2.19 bits per heavy atom. The first-order chi connectivity index (χ1) is 7.61. The Hall–Kier alpha value is -0.900. The van der Waals surface area contributed by atoms with Crippen LogP contribution in [0.2, 0.25) is 0 Å². The van der Waals surface area contributed by atoms with Crippen molar-refractivity contribution in [3.05, 3.63) is 0 Å². The number of amides is 1. The van der Waals surface area contributed by atoms with Crippen LogP contribution in [0, 0.1) is 5.92 Å². The van der Waals surface area contributed by atoms with Gasteiger partial charge in [0.25, 0.3) is 5.91 Å². The van der Waals surface area contributed by atoms with Crippen LogP contribution in [0.15, 0.2) is 5.10 Å². The number of carbonyl (C=O) groups is 1. The normalized spacial score (nSPS) is 20.8. The van der Waals surface area contributed by atoms with Crippen molar-refractivity contribution < 1.29 is 4.79 Å². The summed E-state index contributed by atoms with van der Waals surface area (Å²) in [5.74, 6) is 0.151. The molecule has 0 saturated heterocycles. The number of hydrogen-bond donors (Lipinski definition) is 1. The molecule has 1 heterocycles. The Kier molecular flexibility index (Phi) is 4.93. The lowest BCUT2D eigenvalue weighted by molar-refractivity contribution is -0.133. The number of nitrogens with two attached hydrogens (primary N) is 1. The highest BCUT2D eigenvalue weighted by molar-refractivity contribution is 6.08. The summed E-state index contributed by atoms with van der Waals surface area (Å²) in [5.41, 5.74) is 6.55. The minimum Gasteiger partial charge on any atom is -0.330 e. The Balaban J connectivity index is 2.73. The summed E-state index contributed by atoms with van der Waals surface area (Å²) in [6, 6.07) is 0.155. The molecule has 1 atom stereocenters. The molecular weight excluding hydrogens is 202 g/mol. The summed E-state index contributed by atoms with van der Waals surface area (Å²) in [5, 5.41) is 6.08. The van der Waals surface area contributed by atoms with E-state index >= 15 is 0 Å². The van der Waals surface area contributed by atoms with Crippen LogP contribution in [0.1, 0.15) is 46.5 Å². The number of hydrogen-bond acceptors (Lipinski definition) is 3. The summed E-state index contributed by atoms with van der Waals surface area (Å²) >= 11 is 0. The average Bonchev–Trinajstić information content (AvgIpc) is 2.54. The van der Waals surface area contributed by atoms with E-state index < -0.39 is 0 Å². The van der Waals surface area contributed by atoms with Gasteiger partial charge >= 0.3 is 0 Å². The molecule has 0 fully saturated rings. The monoisotopic (exact) mass is 225 g/mol. The second-order valence-electron chi connectivity index (χ2n) is 4.60. The zero-order valence-electron chi connectivity index (χ0n) is 10.6. The number of rotatable bonds is 6. The lowest BCUT2D eigenvalue weighted by Gasteiger charge is -2.17. The van der Waals surface area contributed by atoms with E-state index in [4.69, 9.17) is 5.73 Å². The summed E-state index contributed by atoms with van der Waals surface area (Å²) in [4.78, 5) is 12.1. The lowest BCUT2D eigenvalue weighted by atomic mass is 9.94. The number of carbonyl (C=O) groups excluding carboxylic acids is 1. The molecule has 16 heavy (non-hydrogen) atoms. The van der Waals surface area contributed by atoms with Gasteiger partial charge in [0.05, 0.1) is 11.6 Å². The highest BCUT2D eigenvalue weighted by Gasteiger charge is 2.35. The minimum absolute atomic E-state index is 0.00843. The van der Waals surface area contributed by atoms with Crippen LogP contribution in [-0.2, 0) is 4.79 Å². The Bertz CT molecular complexity index is 273. The van der Waals surface area contributed by atoms with Gasteiger partial charge in [-0.2, -0.15) is 5.10 Å². The third-order valence-electron chi connectivity index (χ3n) is 2.85. The second-order valence-corrected chi connectivity index (χ2v) is 4.60. The van der Waals surface area contributed by atoms with E-state index in [0.29, 0.717) is 6.54 Å². The number of nitrogens with zero attached hydrogens (tertiary/aromatic N) is 2. The fourth-order valence-corrected chi connectivity index (χ4v) is 2.02. The van der Waals surface area contributed by atoms with Crippen molar-refractivity contribution in [1.82, 2.24) is 5.01 Å². The van der Waals surface area contributed by atoms with E-state index in [1.807, 2.05) is 13.8 Å². The molecule has 1 aliphatic heterocycles. The predicted octanol–water partition coefficient (Wildman–Crippen LogP) is 1.75. The molecule has 0 aromatic carbocycles. The van der Waals surface area contributed by atoms with Crippen molar-refractivity contribution >= 4 is 11.6 Å². The van der Waals surface area contributed by atoms with Crippen LogP contribution in [0.25, 0.3) is 0 Å². The zero-order chi connectivity index (χ0) is 12.1. The Labute approximate surface area is 97.9 Å². The molecule has 1 unspecified atom stereocenters. The molecule has 0 bridgehead atoms. The third kappa shape index (κ3) is 2.82. The lowest BCUT2D eigenvalue weighted by Crippen LogP contribution is -2.32. The van der Waals surface area contributed by atoms with E-state index in [1.54, 1.807) is 5.01 Å². The smallest absolute Gasteiger partial charge is 0.251 e. The first-order valence-corrected chi connectivity index (χ1v) is 6.22. The van der Waals surface area contributed by atoms with Crippen LogP contribution in [0.4, 0.5) is 0 Å². The fraction of sp³-hybridized carbons (Fsp3) is 0.833. The molecule has 1 rings (SSSR count). The van der Waals surface area contributed by atoms with Gasteiger partial charge in [-0.1, -0.05) is 13.3 Å². The van der Waals surface area contributed by atoms with Crippen LogP contribution < -0.4 is 5.73 Å². The molecule has 0 radical (unpaired) electrons. The first kappa shape index (κ1) is 13.2. The topological polar surface area (TPSA) is 58.7 Å². The van der Waals surface area contributed by atoms with Crippen molar-refractivity contribution in [3.63, 3.8) is 0 Å². The zero-order valence-corrected chi connectivity index (χ0v) is 10.6. The highest BCUT2D eigenvalue weighted by Crippen LogP contribution is 2.24. The number of hydrazone groups is 1. The van der Waals surface area contributed by atoms with E-state index in [0.717, 1.165) is 31.4 Å². The molecule has 0 saturated carbocycles. The summed E-state index contributed by atoms with van der Waals surface area (Å²) in [6.07, 6.45) is 3.70. The van der Waals surface area contributed by atoms with Gasteiger partial charge in [0.15, 0.2) is 0 Å². The molecule has 4 heteroatoms. The molecule has 4 nitrogen and oxygen atoms in total. The first-order valence-electron chi connectivity index (χ1n) is 6.22. The van der Waals surface area contributed by atoms with E-state index in [1.165, 1.54) is 0 Å². The maximum absolute atomic E-state index is 12.1. The fourth-order valence-electron chi connectivity index (χ4n) is 2.02. The minimum atomic E-state index is -0.00843. The van der Waals surface area contributed by atoms with Crippen LogP contribution in [0.5, 0.6) is 0 Å². The van der Waals surface area contributed by atoms with Gasteiger partial charge in [0, 0.05) is 6.04 Å². The van der Waals surface area contributed by atoms with Crippen molar-refractivity contribution in [2.45, 2.75) is 52.5 Å². The summed E-state index contributed by atoms with van der Waals surface area (Å²) < 4.78 is 0. The molecule has 0 aromatic rings. The molecule has 0 spiro atoms. The predicted molar refractivity (Wildman–Crippen MR) is 66.1 cm³/mol. The van der Waals surface area contributed by atoms with Gasteiger partial charge in [0.2, 0.25) is 0 Å². The van der Waals surface area contributed by atoms with Crippen molar-refractivity contribution in [3.8, 4) is 0 Å². The molecule has 1 aliphatic rings. The molecule has 0 aliphatic carbocycles. The Morgan fingerprint density at radius 1 is 1.50 bits per heavy atom. The van der Waals surface area contributed by atoms with Crippen molar-refractivity contribution in [2.24, 2.45) is 16.8 Å². The standard InChI is InChI=1S/C12H23N3O/c1-4-6-11-10(7-5-8-13)12(16)15(14-11)9(2)3/h9-10H,4-8,13H2,1-3H3. The molecular formula is C12H23N3O. The van der Waals surface area contributed by atoms with Gasteiger partial charge < -0.3 is 5.73 Å². The second kappa shape index (κ2) is 5.99. The van der Waals surface area contributed by atoms with E-state index in [9.17, 15) is 4.79 Å². The molecule has 2 N–H and O–H groups in total. The summed E-state index contributed by atoms with van der Waals surface area (Å²) in [7, 11) is 0. The van der Waals surface area contributed by atoms with Gasteiger partial charge in [-0.15, -0.1) is 0 Å². The molecule has 92 valence electrons. The van der Waals surface area contributed by atoms with E-state index in [-0.39, 0.29) is 17.9 Å².